The van der Waals surface area contributed by atoms with Gasteiger partial charge in [0.1, 0.15) is 13.2 Å². The molecule has 0 aliphatic carbocycles. The average Bonchev–Trinajstić information content (AvgIpc) is 3.36. The maximum Gasteiger partial charge on any atom is 0.264 e. The summed E-state index contributed by atoms with van der Waals surface area (Å²) in [5.74, 6) is 1.29. The van der Waals surface area contributed by atoms with Crippen LogP contribution in [0.2, 0.25) is 0 Å². The molecule has 8 heteroatoms. The van der Waals surface area contributed by atoms with E-state index in [9.17, 15) is 4.79 Å². The normalized spacial score (nSPS) is 18.9. The smallest absolute Gasteiger partial charge is 0.264 e. The number of carbonyl (C=O) groups is 1. The van der Waals surface area contributed by atoms with E-state index in [1.807, 2.05) is 31.4 Å². The van der Waals surface area contributed by atoms with E-state index < -0.39 is 6.10 Å². The van der Waals surface area contributed by atoms with E-state index in [1.54, 1.807) is 10.9 Å². The van der Waals surface area contributed by atoms with E-state index in [0.717, 1.165) is 41.2 Å². The van der Waals surface area contributed by atoms with Crippen molar-refractivity contribution in [3.8, 4) is 11.5 Å². The SMILES string of the molecule is CCC[C@@H](NC(=O)[C@@H]1CC(c2cnn(C)c2)=NO1)c1ccc2c(c1)OCCO2. The molecule has 0 spiro atoms. The summed E-state index contributed by atoms with van der Waals surface area (Å²) in [6.07, 6.45) is 5.12. The number of oxime groups is 1. The molecule has 2 atom stereocenters. The largest absolute Gasteiger partial charge is 0.486 e. The van der Waals surface area contributed by atoms with Crippen LogP contribution in [-0.4, -0.2) is 40.7 Å². The predicted octanol–water partition coefficient (Wildman–Crippen LogP) is 2.34. The number of carbonyl (C=O) groups excluding carboxylic acids is 1. The summed E-state index contributed by atoms with van der Waals surface area (Å²) in [5, 5.41) is 11.3. The highest BCUT2D eigenvalue weighted by atomic mass is 16.6. The molecule has 0 fully saturated rings. The van der Waals surface area contributed by atoms with Gasteiger partial charge >= 0.3 is 0 Å². The van der Waals surface area contributed by atoms with Gasteiger partial charge in [0, 0.05) is 25.2 Å². The molecule has 1 aromatic heterocycles. The third-order valence-corrected chi connectivity index (χ3v) is 4.86. The molecule has 0 unspecified atom stereocenters. The summed E-state index contributed by atoms with van der Waals surface area (Å²) < 4.78 is 13.0. The first kappa shape index (κ1) is 18.3. The van der Waals surface area contributed by atoms with Crippen LogP contribution in [0.4, 0.5) is 0 Å². The topological polar surface area (TPSA) is 87.0 Å². The zero-order valence-corrected chi connectivity index (χ0v) is 16.1. The Labute approximate surface area is 163 Å². The summed E-state index contributed by atoms with van der Waals surface area (Å²) in [4.78, 5) is 18.2. The number of nitrogens with one attached hydrogen (secondary N) is 1. The Morgan fingerprint density at radius 1 is 1.32 bits per heavy atom. The fourth-order valence-corrected chi connectivity index (χ4v) is 3.41. The fourth-order valence-electron chi connectivity index (χ4n) is 3.41. The van der Waals surface area contributed by atoms with Crippen molar-refractivity contribution in [1.29, 1.82) is 0 Å². The van der Waals surface area contributed by atoms with Gasteiger partial charge in [-0.15, -0.1) is 0 Å². The Kier molecular flexibility index (Phi) is 5.18. The van der Waals surface area contributed by atoms with Crippen LogP contribution in [0.25, 0.3) is 0 Å². The van der Waals surface area contributed by atoms with Crippen molar-refractivity contribution in [3.05, 3.63) is 41.7 Å². The molecule has 0 saturated heterocycles. The minimum atomic E-state index is -0.633. The van der Waals surface area contributed by atoms with Crippen LogP contribution in [0.5, 0.6) is 11.5 Å². The van der Waals surface area contributed by atoms with Crippen LogP contribution in [0.3, 0.4) is 0 Å². The highest BCUT2D eigenvalue weighted by Gasteiger charge is 2.31. The molecule has 148 valence electrons. The molecular formula is C20H24N4O4. The monoisotopic (exact) mass is 384 g/mol. The van der Waals surface area contributed by atoms with Crippen molar-refractivity contribution in [2.45, 2.75) is 38.3 Å². The number of ether oxygens (including phenoxy) is 2. The average molecular weight is 384 g/mol. The predicted molar refractivity (Wildman–Crippen MR) is 102 cm³/mol. The molecule has 2 aliphatic heterocycles. The van der Waals surface area contributed by atoms with Crippen LogP contribution >= 0.6 is 0 Å². The lowest BCUT2D eigenvalue weighted by Gasteiger charge is -2.23. The molecule has 1 N–H and O–H groups in total. The molecule has 1 aromatic carbocycles. The summed E-state index contributed by atoms with van der Waals surface area (Å²) in [7, 11) is 1.84. The number of aryl methyl sites for hydroxylation is 1. The lowest BCUT2D eigenvalue weighted by molar-refractivity contribution is -0.132. The molecular weight excluding hydrogens is 360 g/mol. The standard InChI is InChI=1S/C20H24N4O4/c1-3-4-15(13-5-6-17-18(9-13)27-8-7-26-17)22-20(25)19-10-16(23-28-19)14-11-21-24(2)12-14/h5-6,9,11-12,15,19H,3-4,7-8,10H2,1-2H3,(H,22,25)/t15-,19+/m1/s1. The number of amides is 1. The zero-order valence-electron chi connectivity index (χ0n) is 16.1. The summed E-state index contributed by atoms with van der Waals surface area (Å²) in [6.45, 7) is 3.18. The molecule has 0 bridgehead atoms. The van der Waals surface area contributed by atoms with Crippen molar-refractivity contribution >= 4 is 11.6 Å². The first-order valence-electron chi connectivity index (χ1n) is 9.55. The summed E-state index contributed by atoms with van der Waals surface area (Å²) in [5.41, 5.74) is 2.60. The first-order valence-corrected chi connectivity index (χ1v) is 9.55. The third-order valence-electron chi connectivity index (χ3n) is 4.86. The lowest BCUT2D eigenvalue weighted by Crippen LogP contribution is -2.37. The van der Waals surface area contributed by atoms with Gasteiger partial charge in [-0.25, -0.2) is 0 Å². The maximum atomic E-state index is 12.8. The van der Waals surface area contributed by atoms with Gasteiger partial charge in [0.15, 0.2) is 11.5 Å². The number of nitrogens with zero attached hydrogens (tertiary/aromatic N) is 3. The van der Waals surface area contributed by atoms with Gasteiger partial charge in [-0.05, 0) is 24.1 Å². The molecule has 28 heavy (non-hydrogen) atoms. The fraction of sp³-hybridized carbons (Fsp3) is 0.450. The maximum absolute atomic E-state index is 12.8. The molecule has 4 rings (SSSR count). The van der Waals surface area contributed by atoms with E-state index in [1.165, 1.54) is 0 Å². The van der Waals surface area contributed by atoms with E-state index in [4.69, 9.17) is 14.3 Å². The number of aromatic nitrogens is 2. The van der Waals surface area contributed by atoms with Gasteiger partial charge in [0.05, 0.1) is 18.0 Å². The van der Waals surface area contributed by atoms with E-state index in [0.29, 0.717) is 19.6 Å². The third kappa shape index (κ3) is 3.81. The quantitative estimate of drug-likeness (QED) is 0.826. The van der Waals surface area contributed by atoms with Crippen LogP contribution in [0, 0.1) is 0 Å². The minimum absolute atomic E-state index is 0.126. The molecule has 2 aromatic rings. The minimum Gasteiger partial charge on any atom is -0.486 e. The molecule has 0 saturated carbocycles. The molecule has 8 nitrogen and oxygen atoms in total. The second-order valence-electron chi connectivity index (χ2n) is 6.99. The molecule has 0 radical (unpaired) electrons. The number of rotatable bonds is 6. The molecule has 2 aliphatic rings. The Bertz CT molecular complexity index is 892. The second-order valence-corrected chi connectivity index (χ2v) is 6.99. The zero-order chi connectivity index (χ0) is 19.5. The van der Waals surface area contributed by atoms with Gasteiger partial charge in [-0.1, -0.05) is 24.6 Å². The Morgan fingerprint density at radius 2 is 2.14 bits per heavy atom. The van der Waals surface area contributed by atoms with Crippen molar-refractivity contribution in [1.82, 2.24) is 15.1 Å². The summed E-state index contributed by atoms with van der Waals surface area (Å²) in [6, 6.07) is 5.69. The Morgan fingerprint density at radius 3 is 2.89 bits per heavy atom. The Balaban J connectivity index is 1.43. The highest BCUT2D eigenvalue weighted by molar-refractivity contribution is 6.03. The lowest BCUT2D eigenvalue weighted by atomic mass is 10.0. The van der Waals surface area contributed by atoms with Crippen LogP contribution in [-0.2, 0) is 16.7 Å². The highest BCUT2D eigenvalue weighted by Crippen LogP contribution is 2.33. The van der Waals surface area contributed by atoms with E-state index in [-0.39, 0.29) is 11.9 Å². The van der Waals surface area contributed by atoms with Crippen molar-refractivity contribution in [2.75, 3.05) is 13.2 Å². The number of benzene rings is 1. The van der Waals surface area contributed by atoms with Gasteiger partial charge < -0.3 is 19.6 Å². The van der Waals surface area contributed by atoms with Crippen molar-refractivity contribution < 1.29 is 19.1 Å². The van der Waals surface area contributed by atoms with Gasteiger partial charge in [0.25, 0.3) is 5.91 Å². The molecule has 3 heterocycles. The van der Waals surface area contributed by atoms with Crippen molar-refractivity contribution in [2.24, 2.45) is 12.2 Å². The van der Waals surface area contributed by atoms with Gasteiger partial charge in [0.2, 0.25) is 6.10 Å². The summed E-state index contributed by atoms with van der Waals surface area (Å²) >= 11 is 0. The number of hydrogen-bond acceptors (Lipinski definition) is 6. The van der Waals surface area contributed by atoms with Crippen molar-refractivity contribution in [3.63, 3.8) is 0 Å². The van der Waals surface area contributed by atoms with Crippen LogP contribution < -0.4 is 14.8 Å². The van der Waals surface area contributed by atoms with E-state index >= 15 is 0 Å². The second kappa shape index (κ2) is 7.92. The van der Waals surface area contributed by atoms with Gasteiger partial charge in [-0.2, -0.15) is 5.10 Å². The van der Waals surface area contributed by atoms with Crippen LogP contribution in [0.15, 0.2) is 35.7 Å². The van der Waals surface area contributed by atoms with E-state index in [2.05, 4.69) is 22.5 Å². The number of hydrogen-bond donors (Lipinski definition) is 1. The number of fused-ring (bicyclic) bond motifs is 1. The van der Waals surface area contributed by atoms with Crippen LogP contribution in [0.1, 0.15) is 43.4 Å². The first-order chi connectivity index (χ1) is 13.6. The Hall–Kier alpha value is -3.03. The van der Waals surface area contributed by atoms with Gasteiger partial charge in [-0.3, -0.25) is 9.48 Å². The molecule has 1 amide bonds.